The van der Waals surface area contributed by atoms with Crippen molar-refractivity contribution < 1.29 is 4.74 Å². The van der Waals surface area contributed by atoms with E-state index in [9.17, 15) is 0 Å². The molecule has 1 saturated heterocycles. The fourth-order valence-electron chi connectivity index (χ4n) is 2.92. The highest BCUT2D eigenvalue weighted by atomic mass is 79.9. The number of nitrogens with zero attached hydrogens (tertiary/aromatic N) is 1. The Morgan fingerprint density at radius 3 is 2.86 bits per heavy atom. The number of halogens is 2. The maximum atomic E-state index is 5.95. The Morgan fingerprint density at radius 1 is 1.33 bits per heavy atom. The molecule has 0 aromatic heterocycles. The van der Waals surface area contributed by atoms with E-state index in [1.807, 2.05) is 18.2 Å². The van der Waals surface area contributed by atoms with E-state index in [1.54, 1.807) is 0 Å². The van der Waals surface area contributed by atoms with Crippen molar-refractivity contribution in [2.24, 2.45) is 0 Å². The minimum Gasteiger partial charge on any atom is -0.491 e. The van der Waals surface area contributed by atoms with E-state index in [1.165, 1.54) is 32.2 Å². The average molecular weight is 374 g/mol. The average Bonchev–Trinajstić information content (AvgIpc) is 3.18. The lowest BCUT2D eigenvalue weighted by Gasteiger charge is -2.25. The van der Waals surface area contributed by atoms with Gasteiger partial charge in [-0.05, 0) is 66.4 Å². The Morgan fingerprint density at radius 2 is 2.19 bits per heavy atom. The Balaban J connectivity index is 1.47. The monoisotopic (exact) mass is 372 g/mol. The van der Waals surface area contributed by atoms with E-state index in [0.29, 0.717) is 6.04 Å². The van der Waals surface area contributed by atoms with Crippen molar-refractivity contribution in [3.8, 4) is 5.75 Å². The molecule has 0 radical (unpaired) electrons. The Bertz CT molecular complexity index is 475. The van der Waals surface area contributed by atoms with Gasteiger partial charge in [0.2, 0.25) is 0 Å². The third-order valence-electron chi connectivity index (χ3n) is 4.21. The van der Waals surface area contributed by atoms with E-state index in [0.717, 1.165) is 41.0 Å². The second-order valence-corrected chi connectivity index (χ2v) is 7.23. The molecule has 1 atom stereocenters. The van der Waals surface area contributed by atoms with Crippen LogP contribution in [-0.4, -0.2) is 43.2 Å². The summed E-state index contributed by atoms with van der Waals surface area (Å²) in [6.07, 6.45) is 5.32. The van der Waals surface area contributed by atoms with Gasteiger partial charge >= 0.3 is 0 Å². The second kappa shape index (κ2) is 7.32. The standard InChI is InChI=1S/C16H22BrClN2O/c17-15-10-12(18)3-6-16(15)21-9-8-20(14-4-5-14)11-13-2-1-7-19-13/h3,6,10,13-14,19H,1-2,4-5,7-9,11H2. The zero-order chi connectivity index (χ0) is 14.7. The Kier molecular flexibility index (Phi) is 5.43. The minimum atomic E-state index is 0.674. The molecule has 1 unspecified atom stereocenters. The van der Waals surface area contributed by atoms with Crippen molar-refractivity contribution >= 4 is 27.5 Å². The van der Waals surface area contributed by atoms with Crippen LogP contribution >= 0.6 is 27.5 Å². The molecule has 2 aliphatic rings. The molecule has 116 valence electrons. The lowest BCUT2D eigenvalue weighted by Crippen LogP contribution is -2.40. The van der Waals surface area contributed by atoms with Crippen LogP contribution in [0.2, 0.25) is 5.02 Å². The predicted molar refractivity (Wildman–Crippen MR) is 90.3 cm³/mol. The molecule has 5 heteroatoms. The van der Waals surface area contributed by atoms with Crippen LogP contribution in [-0.2, 0) is 0 Å². The van der Waals surface area contributed by atoms with Crippen LogP contribution in [0.15, 0.2) is 22.7 Å². The van der Waals surface area contributed by atoms with Gasteiger partial charge in [0.05, 0.1) is 4.47 Å². The van der Waals surface area contributed by atoms with Gasteiger partial charge in [0.25, 0.3) is 0 Å². The highest BCUT2D eigenvalue weighted by Gasteiger charge is 2.31. The molecule has 1 heterocycles. The Hall–Kier alpha value is -0.290. The van der Waals surface area contributed by atoms with Crippen molar-refractivity contribution in [3.63, 3.8) is 0 Å². The molecule has 1 saturated carbocycles. The Labute approximate surface area is 140 Å². The van der Waals surface area contributed by atoms with E-state index in [4.69, 9.17) is 16.3 Å². The lowest BCUT2D eigenvalue weighted by molar-refractivity contribution is 0.188. The van der Waals surface area contributed by atoms with Crippen molar-refractivity contribution in [1.29, 1.82) is 0 Å². The van der Waals surface area contributed by atoms with E-state index in [-0.39, 0.29) is 0 Å². The molecule has 0 amide bonds. The van der Waals surface area contributed by atoms with Crippen LogP contribution < -0.4 is 10.1 Å². The van der Waals surface area contributed by atoms with Crippen molar-refractivity contribution in [2.75, 3.05) is 26.2 Å². The molecular weight excluding hydrogens is 352 g/mol. The summed E-state index contributed by atoms with van der Waals surface area (Å²) < 4.78 is 6.82. The van der Waals surface area contributed by atoms with Gasteiger partial charge < -0.3 is 10.1 Å². The number of hydrogen-bond acceptors (Lipinski definition) is 3. The van der Waals surface area contributed by atoms with Crippen LogP contribution in [0.5, 0.6) is 5.75 Å². The van der Waals surface area contributed by atoms with Gasteiger partial charge in [-0.25, -0.2) is 0 Å². The van der Waals surface area contributed by atoms with Crippen LogP contribution in [0.4, 0.5) is 0 Å². The molecule has 2 fully saturated rings. The first-order chi connectivity index (χ1) is 10.2. The maximum Gasteiger partial charge on any atom is 0.133 e. The fraction of sp³-hybridized carbons (Fsp3) is 0.625. The van der Waals surface area contributed by atoms with Gasteiger partial charge in [-0.15, -0.1) is 0 Å². The summed E-state index contributed by atoms with van der Waals surface area (Å²) in [6.45, 7) is 4.06. The predicted octanol–water partition coefficient (Wildman–Crippen LogP) is 3.70. The van der Waals surface area contributed by atoms with E-state index in [2.05, 4.69) is 26.1 Å². The molecule has 0 spiro atoms. The SMILES string of the molecule is Clc1ccc(OCCN(CC2CCCN2)C2CC2)c(Br)c1. The highest BCUT2D eigenvalue weighted by Crippen LogP contribution is 2.29. The molecule has 1 aliphatic carbocycles. The van der Waals surface area contributed by atoms with Crippen LogP contribution in [0.1, 0.15) is 25.7 Å². The molecule has 3 nitrogen and oxygen atoms in total. The highest BCUT2D eigenvalue weighted by molar-refractivity contribution is 9.10. The molecule has 3 rings (SSSR count). The molecule has 1 aromatic carbocycles. The molecular formula is C16H22BrClN2O. The van der Waals surface area contributed by atoms with Crippen LogP contribution in [0.25, 0.3) is 0 Å². The quantitative estimate of drug-likeness (QED) is 0.789. The summed E-state index contributed by atoms with van der Waals surface area (Å²) in [5.41, 5.74) is 0. The van der Waals surface area contributed by atoms with Crippen LogP contribution in [0, 0.1) is 0 Å². The largest absolute Gasteiger partial charge is 0.491 e. The molecule has 1 aliphatic heterocycles. The fourth-order valence-corrected chi connectivity index (χ4v) is 3.72. The minimum absolute atomic E-state index is 0.674. The zero-order valence-electron chi connectivity index (χ0n) is 12.2. The topological polar surface area (TPSA) is 24.5 Å². The second-order valence-electron chi connectivity index (χ2n) is 5.94. The van der Waals surface area contributed by atoms with E-state index < -0.39 is 0 Å². The van der Waals surface area contributed by atoms with Crippen molar-refractivity contribution in [1.82, 2.24) is 10.2 Å². The molecule has 1 aromatic rings. The summed E-state index contributed by atoms with van der Waals surface area (Å²) in [5.74, 6) is 0.870. The number of hydrogen-bond donors (Lipinski definition) is 1. The normalized spacial score (nSPS) is 22.0. The first-order valence-electron chi connectivity index (χ1n) is 7.77. The molecule has 21 heavy (non-hydrogen) atoms. The molecule has 0 bridgehead atoms. The molecule has 1 N–H and O–H groups in total. The number of ether oxygens (including phenoxy) is 1. The van der Waals surface area contributed by atoms with Crippen LogP contribution in [0.3, 0.4) is 0 Å². The summed E-state index contributed by atoms with van der Waals surface area (Å²) in [6, 6.07) is 7.12. The van der Waals surface area contributed by atoms with Gasteiger partial charge in [-0.1, -0.05) is 11.6 Å². The number of rotatable bonds is 7. The number of nitrogens with one attached hydrogen (secondary N) is 1. The van der Waals surface area contributed by atoms with Gasteiger partial charge in [0.1, 0.15) is 12.4 Å². The summed E-state index contributed by atoms with van der Waals surface area (Å²) in [4.78, 5) is 2.59. The maximum absolute atomic E-state index is 5.95. The van der Waals surface area contributed by atoms with Gasteiger partial charge in [0, 0.05) is 30.2 Å². The summed E-state index contributed by atoms with van der Waals surface area (Å²) in [7, 11) is 0. The summed E-state index contributed by atoms with van der Waals surface area (Å²) >= 11 is 9.44. The third-order valence-corrected chi connectivity index (χ3v) is 5.07. The van der Waals surface area contributed by atoms with Gasteiger partial charge in [-0.2, -0.15) is 0 Å². The van der Waals surface area contributed by atoms with Crippen molar-refractivity contribution in [3.05, 3.63) is 27.7 Å². The first-order valence-corrected chi connectivity index (χ1v) is 8.95. The van der Waals surface area contributed by atoms with Gasteiger partial charge in [-0.3, -0.25) is 4.90 Å². The van der Waals surface area contributed by atoms with E-state index >= 15 is 0 Å². The number of benzene rings is 1. The summed E-state index contributed by atoms with van der Waals surface area (Å²) in [5, 5.41) is 4.31. The third kappa shape index (κ3) is 4.59. The first kappa shape index (κ1) is 15.6. The van der Waals surface area contributed by atoms with Gasteiger partial charge in [0.15, 0.2) is 0 Å². The zero-order valence-corrected chi connectivity index (χ0v) is 14.5. The lowest BCUT2D eigenvalue weighted by atomic mass is 10.2. The smallest absolute Gasteiger partial charge is 0.133 e. The van der Waals surface area contributed by atoms with Crippen molar-refractivity contribution in [2.45, 2.75) is 37.8 Å².